The molecule has 2 aromatic carbocycles. The second-order valence-corrected chi connectivity index (χ2v) is 5.89. The van der Waals surface area contributed by atoms with Crippen molar-refractivity contribution in [1.82, 2.24) is 4.57 Å². The molecule has 0 fully saturated rings. The summed E-state index contributed by atoms with van der Waals surface area (Å²) in [4.78, 5) is 1.31. The number of hydrogen-bond donors (Lipinski definition) is 1. The smallest absolute Gasteiger partial charge is 0.0682 e. The van der Waals surface area contributed by atoms with Crippen LogP contribution in [0.5, 0.6) is 0 Å². The molecule has 0 spiro atoms. The van der Waals surface area contributed by atoms with E-state index in [-0.39, 0.29) is 6.61 Å². The number of nitrogens with zero attached hydrogens (tertiary/aromatic N) is 1. The molecule has 0 amide bonds. The number of fused-ring (bicyclic) bond motifs is 1. The molecule has 0 bridgehead atoms. The first-order valence-electron chi connectivity index (χ1n) is 6.73. The molecule has 0 atom stereocenters. The minimum atomic E-state index is 0.102. The summed E-state index contributed by atoms with van der Waals surface area (Å²) >= 11 is 1.87. The van der Waals surface area contributed by atoms with Gasteiger partial charge in [-0.2, -0.15) is 0 Å². The van der Waals surface area contributed by atoms with E-state index < -0.39 is 0 Å². The maximum absolute atomic E-state index is 9.16. The van der Waals surface area contributed by atoms with Crippen LogP contribution in [0, 0.1) is 0 Å². The second kappa shape index (κ2) is 6.16. The lowest BCUT2D eigenvalue weighted by atomic mass is 10.2. The summed E-state index contributed by atoms with van der Waals surface area (Å²) in [6.07, 6.45) is 2.12. The van der Waals surface area contributed by atoms with Crippen LogP contribution in [0.25, 0.3) is 10.9 Å². The quantitative estimate of drug-likeness (QED) is 0.718. The van der Waals surface area contributed by atoms with Crippen LogP contribution >= 0.6 is 11.8 Å². The van der Waals surface area contributed by atoms with E-state index in [0.29, 0.717) is 0 Å². The number of hydrogen-bond acceptors (Lipinski definition) is 2. The topological polar surface area (TPSA) is 25.2 Å². The Morgan fingerprint density at radius 3 is 2.65 bits per heavy atom. The Balaban J connectivity index is 1.69. The monoisotopic (exact) mass is 283 g/mol. The minimum absolute atomic E-state index is 0.102. The van der Waals surface area contributed by atoms with E-state index in [4.69, 9.17) is 5.11 Å². The van der Waals surface area contributed by atoms with Crippen molar-refractivity contribution in [3.05, 3.63) is 66.4 Å². The molecule has 0 saturated heterocycles. The van der Waals surface area contributed by atoms with Crippen molar-refractivity contribution in [3.8, 4) is 0 Å². The van der Waals surface area contributed by atoms with Gasteiger partial charge in [0.2, 0.25) is 0 Å². The van der Waals surface area contributed by atoms with Gasteiger partial charge in [-0.1, -0.05) is 24.3 Å². The van der Waals surface area contributed by atoms with Crippen LogP contribution in [-0.4, -0.2) is 15.4 Å². The van der Waals surface area contributed by atoms with Crippen molar-refractivity contribution in [2.45, 2.75) is 18.0 Å². The first-order chi connectivity index (χ1) is 9.86. The molecule has 20 heavy (non-hydrogen) atoms. The van der Waals surface area contributed by atoms with Gasteiger partial charge in [0.25, 0.3) is 0 Å². The first kappa shape index (κ1) is 13.3. The molecule has 1 aromatic heterocycles. The number of aliphatic hydroxyl groups excluding tert-OH is 1. The van der Waals surface area contributed by atoms with Gasteiger partial charge in [0.1, 0.15) is 0 Å². The lowest BCUT2D eigenvalue weighted by molar-refractivity contribution is 0.282. The minimum Gasteiger partial charge on any atom is -0.392 e. The molecule has 3 aromatic rings. The molecule has 0 unspecified atom stereocenters. The Hall–Kier alpha value is -1.71. The summed E-state index contributed by atoms with van der Waals surface area (Å²) < 4.78 is 2.27. The molecule has 0 aliphatic carbocycles. The maximum Gasteiger partial charge on any atom is 0.0682 e. The maximum atomic E-state index is 9.16. The number of aromatic nitrogens is 1. The highest BCUT2D eigenvalue weighted by molar-refractivity contribution is 7.99. The van der Waals surface area contributed by atoms with Gasteiger partial charge in [0, 0.05) is 28.9 Å². The van der Waals surface area contributed by atoms with Crippen molar-refractivity contribution in [3.63, 3.8) is 0 Å². The zero-order chi connectivity index (χ0) is 13.8. The predicted octanol–water partition coefficient (Wildman–Crippen LogP) is 3.93. The normalized spacial score (nSPS) is 11.1. The van der Waals surface area contributed by atoms with Crippen LogP contribution in [0.3, 0.4) is 0 Å². The highest BCUT2D eigenvalue weighted by atomic mass is 32.2. The van der Waals surface area contributed by atoms with Crippen molar-refractivity contribution < 1.29 is 5.11 Å². The molecular formula is C17H17NOS. The second-order valence-electron chi connectivity index (χ2n) is 4.72. The van der Waals surface area contributed by atoms with E-state index in [0.717, 1.165) is 17.9 Å². The van der Waals surface area contributed by atoms with E-state index in [9.17, 15) is 0 Å². The zero-order valence-corrected chi connectivity index (χ0v) is 12.0. The summed E-state index contributed by atoms with van der Waals surface area (Å²) in [6, 6.07) is 18.7. The first-order valence-corrected chi connectivity index (χ1v) is 7.72. The molecule has 0 saturated carbocycles. The molecule has 1 N–H and O–H groups in total. The Morgan fingerprint density at radius 2 is 1.85 bits per heavy atom. The van der Waals surface area contributed by atoms with E-state index in [1.165, 1.54) is 15.8 Å². The number of benzene rings is 2. The van der Waals surface area contributed by atoms with Gasteiger partial charge in [-0.15, -0.1) is 11.8 Å². The molecule has 102 valence electrons. The largest absolute Gasteiger partial charge is 0.392 e. The third kappa shape index (κ3) is 2.89. The number of thioether (sulfide) groups is 1. The summed E-state index contributed by atoms with van der Waals surface area (Å²) in [6.45, 7) is 1.09. The molecule has 1 heterocycles. The summed E-state index contributed by atoms with van der Waals surface area (Å²) in [5.74, 6) is 1.05. The molecule has 3 rings (SSSR count). The van der Waals surface area contributed by atoms with Crippen LogP contribution in [-0.2, 0) is 13.2 Å². The lowest BCUT2D eigenvalue weighted by Gasteiger charge is -2.06. The Morgan fingerprint density at radius 1 is 1.00 bits per heavy atom. The van der Waals surface area contributed by atoms with Crippen LogP contribution in [0.4, 0.5) is 0 Å². The fourth-order valence-electron chi connectivity index (χ4n) is 2.32. The van der Waals surface area contributed by atoms with E-state index in [1.54, 1.807) is 0 Å². The zero-order valence-electron chi connectivity index (χ0n) is 11.2. The van der Waals surface area contributed by atoms with E-state index >= 15 is 0 Å². The summed E-state index contributed by atoms with van der Waals surface area (Å²) in [5, 5.41) is 10.4. The Labute approximate surface area is 123 Å². The average molecular weight is 283 g/mol. The number of aliphatic hydroxyl groups is 1. The van der Waals surface area contributed by atoms with Gasteiger partial charge in [0.15, 0.2) is 0 Å². The lowest BCUT2D eigenvalue weighted by Crippen LogP contribution is -1.98. The predicted molar refractivity (Wildman–Crippen MR) is 85.0 cm³/mol. The van der Waals surface area contributed by atoms with Crippen molar-refractivity contribution in [2.24, 2.45) is 0 Å². The third-order valence-electron chi connectivity index (χ3n) is 3.36. The Kier molecular flexibility index (Phi) is 4.09. The summed E-state index contributed by atoms with van der Waals surface area (Å²) in [5.41, 5.74) is 2.20. The van der Waals surface area contributed by atoms with Gasteiger partial charge in [0.05, 0.1) is 6.61 Å². The molecule has 0 aliphatic rings. The van der Waals surface area contributed by atoms with Gasteiger partial charge in [-0.05, 0) is 41.3 Å². The van der Waals surface area contributed by atoms with Gasteiger partial charge >= 0.3 is 0 Å². The van der Waals surface area contributed by atoms with Crippen molar-refractivity contribution in [1.29, 1.82) is 0 Å². The Bertz CT molecular complexity index is 691. The highest BCUT2D eigenvalue weighted by Crippen LogP contribution is 2.21. The third-order valence-corrected chi connectivity index (χ3v) is 4.35. The van der Waals surface area contributed by atoms with Crippen molar-refractivity contribution in [2.75, 3.05) is 5.75 Å². The standard InChI is InChI=1S/C17H17NOS/c19-13-14-6-7-17-15(12-14)8-9-18(17)10-11-20-16-4-2-1-3-5-16/h1-9,12,19H,10-11,13H2. The number of aryl methyl sites for hydroxylation is 1. The molecular weight excluding hydrogens is 266 g/mol. The van der Waals surface area contributed by atoms with E-state index in [1.807, 2.05) is 23.9 Å². The SMILES string of the molecule is OCc1ccc2c(ccn2CCSc2ccccc2)c1. The molecule has 2 nitrogen and oxygen atoms in total. The highest BCUT2D eigenvalue weighted by Gasteiger charge is 2.02. The van der Waals surface area contributed by atoms with E-state index in [2.05, 4.69) is 53.2 Å². The van der Waals surface area contributed by atoms with Crippen LogP contribution in [0.1, 0.15) is 5.56 Å². The van der Waals surface area contributed by atoms with Crippen LogP contribution in [0.15, 0.2) is 65.7 Å². The van der Waals surface area contributed by atoms with Crippen LogP contribution in [0.2, 0.25) is 0 Å². The molecule has 0 radical (unpaired) electrons. The molecule has 3 heteroatoms. The fraction of sp³-hybridized carbons (Fsp3) is 0.176. The van der Waals surface area contributed by atoms with Crippen LogP contribution < -0.4 is 0 Å². The fourth-order valence-corrected chi connectivity index (χ4v) is 3.19. The summed E-state index contributed by atoms with van der Waals surface area (Å²) in [7, 11) is 0. The van der Waals surface area contributed by atoms with Gasteiger partial charge < -0.3 is 9.67 Å². The average Bonchev–Trinajstić information content (AvgIpc) is 2.91. The van der Waals surface area contributed by atoms with Crippen molar-refractivity contribution >= 4 is 22.7 Å². The van der Waals surface area contributed by atoms with Gasteiger partial charge in [-0.3, -0.25) is 0 Å². The molecule has 0 aliphatic heterocycles. The number of rotatable bonds is 5. The van der Waals surface area contributed by atoms with Gasteiger partial charge in [-0.25, -0.2) is 0 Å².